The fourth-order valence-electron chi connectivity index (χ4n) is 9.00. The molecule has 0 unspecified atom stereocenters. The summed E-state index contributed by atoms with van der Waals surface area (Å²) in [5.74, 6) is -1.16. The Hall–Kier alpha value is -0.830. The number of aliphatic hydroxyl groups excluding tert-OH is 3. The van der Waals surface area contributed by atoms with E-state index in [0.29, 0.717) is 44.1 Å². The molecule has 0 spiro atoms. The second-order valence-corrected chi connectivity index (χ2v) is 13.8. The van der Waals surface area contributed by atoms with Crippen molar-refractivity contribution in [3.63, 3.8) is 0 Å². The van der Waals surface area contributed by atoms with Gasteiger partial charge in [0.15, 0.2) is 5.78 Å². The van der Waals surface area contributed by atoms with Crippen LogP contribution in [0.15, 0.2) is 11.6 Å². The Morgan fingerprint density at radius 3 is 2.28 bits per heavy atom. The van der Waals surface area contributed by atoms with Gasteiger partial charge in [-0.2, -0.15) is 0 Å². The lowest BCUT2D eigenvalue weighted by molar-refractivity contribution is -0.179. The van der Waals surface area contributed by atoms with E-state index in [9.17, 15) is 35.4 Å². The van der Waals surface area contributed by atoms with Gasteiger partial charge in [0.25, 0.3) is 0 Å². The summed E-state index contributed by atoms with van der Waals surface area (Å²) >= 11 is 0. The molecule has 3 saturated carbocycles. The molecule has 36 heavy (non-hydrogen) atoms. The summed E-state index contributed by atoms with van der Waals surface area (Å²) in [6.07, 6.45) is 2.42. The lowest BCUT2D eigenvalue weighted by atomic mass is 9.45. The standard InChI is InChI=1S/C29H48O7/c1-7-16(25(2,3)34)12-24(33)28(6,35)23-9-11-29(36)18-13-20(30)19-14-21(31)22(32)15-26(19,4)17(18)8-10-27(23,29)5/h13,16-17,19,21-24,31-36H,7-12,14-15H2,1-6H3/t16-,17-,19+,21+,22-,23-,24+,26+,27+,28+,29+/m0/s1. The number of carbonyl (C=O) groups excluding carboxylic acids is 1. The zero-order valence-electron chi connectivity index (χ0n) is 22.9. The molecule has 4 rings (SSSR count). The lowest BCUT2D eigenvalue weighted by Gasteiger charge is -2.60. The molecule has 0 radical (unpaired) electrons. The zero-order chi connectivity index (χ0) is 27.1. The molecule has 3 fully saturated rings. The summed E-state index contributed by atoms with van der Waals surface area (Å²) in [7, 11) is 0. The van der Waals surface area contributed by atoms with Crippen molar-refractivity contribution in [1.29, 1.82) is 0 Å². The normalized spacial score (nSPS) is 46.2. The van der Waals surface area contributed by atoms with Gasteiger partial charge in [0.2, 0.25) is 0 Å². The van der Waals surface area contributed by atoms with Crippen molar-refractivity contribution >= 4 is 5.78 Å². The van der Waals surface area contributed by atoms with Crippen molar-refractivity contribution in [2.45, 2.75) is 128 Å². The van der Waals surface area contributed by atoms with Gasteiger partial charge in [-0.3, -0.25) is 4.79 Å². The van der Waals surface area contributed by atoms with Crippen LogP contribution in [-0.2, 0) is 4.79 Å². The molecule has 0 saturated heterocycles. The number of rotatable bonds is 6. The molecule has 4 aliphatic carbocycles. The monoisotopic (exact) mass is 508 g/mol. The number of carbonyl (C=O) groups is 1. The molecular weight excluding hydrogens is 460 g/mol. The minimum atomic E-state index is -1.48. The molecule has 0 aromatic heterocycles. The molecule has 0 heterocycles. The summed E-state index contributed by atoms with van der Waals surface area (Å²) < 4.78 is 0. The van der Waals surface area contributed by atoms with E-state index in [2.05, 4.69) is 0 Å². The summed E-state index contributed by atoms with van der Waals surface area (Å²) in [4.78, 5) is 13.3. The molecule has 0 aromatic carbocycles. The molecule has 7 heteroatoms. The Morgan fingerprint density at radius 1 is 1.06 bits per heavy atom. The van der Waals surface area contributed by atoms with E-state index in [1.165, 1.54) is 0 Å². The largest absolute Gasteiger partial charge is 0.390 e. The number of ketones is 1. The second-order valence-electron chi connectivity index (χ2n) is 13.8. The van der Waals surface area contributed by atoms with Gasteiger partial charge in [-0.05, 0) is 101 Å². The molecule has 0 amide bonds. The van der Waals surface area contributed by atoms with Gasteiger partial charge in [0.05, 0.1) is 35.1 Å². The van der Waals surface area contributed by atoms with E-state index in [4.69, 9.17) is 0 Å². The molecule has 0 bridgehead atoms. The summed E-state index contributed by atoms with van der Waals surface area (Å²) in [5.41, 5.74) is -4.34. The molecule has 4 aliphatic rings. The van der Waals surface area contributed by atoms with E-state index in [0.717, 1.165) is 0 Å². The van der Waals surface area contributed by atoms with E-state index in [1.54, 1.807) is 26.8 Å². The van der Waals surface area contributed by atoms with Crippen LogP contribution in [0.4, 0.5) is 0 Å². The highest BCUT2D eigenvalue weighted by molar-refractivity contribution is 5.95. The van der Waals surface area contributed by atoms with E-state index in [-0.39, 0.29) is 36.4 Å². The number of hydrogen-bond acceptors (Lipinski definition) is 7. The highest BCUT2D eigenvalue weighted by Gasteiger charge is 2.69. The van der Waals surface area contributed by atoms with Gasteiger partial charge in [-0.15, -0.1) is 0 Å². The van der Waals surface area contributed by atoms with Crippen LogP contribution < -0.4 is 0 Å². The van der Waals surface area contributed by atoms with E-state index < -0.39 is 51.9 Å². The van der Waals surface area contributed by atoms with Crippen LogP contribution in [0, 0.1) is 34.5 Å². The third-order valence-electron chi connectivity index (χ3n) is 11.5. The quantitative estimate of drug-likeness (QED) is 0.324. The molecule has 11 atom stereocenters. The van der Waals surface area contributed by atoms with Gasteiger partial charge in [-0.1, -0.05) is 27.2 Å². The highest BCUT2D eigenvalue weighted by atomic mass is 16.3. The van der Waals surface area contributed by atoms with Crippen LogP contribution in [0.25, 0.3) is 0 Å². The summed E-state index contributed by atoms with van der Waals surface area (Å²) in [5, 5.41) is 66.6. The lowest BCUT2D eigenvalue weighted by Crippen LogP contribution is -2.63. The van der Waals surface area contributed by atoms with Crippen molar-refractivity contribution in [1.82, 2.24) is 0 Å². The third-order valence-corrected chi connectivity index (χ3v) is 11.5. The fourth-order valence-corrected chi connectivity index (χ4v) is 9.00. The number of hydrogen-bond donors (Lipinski definition) is 6. The Labute approximate surface area is 215 Å². The third kappa shape index (κ3) is 3.95. The molecule has 0 aliphatic heterocycles. The van der Waals surface area contributed by atoms with Crippen LogP contribution in [0.2, 0.25) is 0 Å². The van der Waals surface area contributed by atoms with Crippen molar-refractivity contribution in [2.75, 3.05) is 0 Å². The van der Waals surface area contributed by atoms with Gasteiger partial charge < -0.3 is 30.6 Å². The highest BCUT2D eigenvalue weighted by Crippen LogP contribution is 2.68. The average Bonchev–Trinajstić information content (AvgIpc) is 3.05. The summed E-state index contributed by atoms with van der Waals surface area (Å²) in [6, 6.07) is 0. The fraction of sp³-hybridized carbons (Fsp3) is 0.897. The predicted molar refractivity (Wildman–Crippen MR) is 136 cm³/mol. The first kappa shape index (κ1) is 28.2. The Morgan fingerprint density at radius 2 is 1.69 bits per heavy atom. The van der Waals surface area contributed by atoms with Crippen LogP contribution in [0.5, 0.6) is 0 Å². The van der Waals surface area contributed by atoms with Crippen molar-refractivity contribution in [2.24, 2.45) is 34.5 Å². The first-order valence-corrected chi connectivity index (χ1v) is 13.9. The van der Waals surface area contributed by atoms with Gasteiger partial charge in [0, 0.05) is 11.3 Å². The second kappa shape index (κ2) is 8.85. The van der Waals surface area contributed by atoms with E-state index in [1.807, 2.05) is 20.8 Å². The minimum Gasteiger partial charge on any atom is -0.390 e. The number of aliphatic hydroxyl groups is 6. The SMILES string of the molecule is CC[C@@H](C[C@@H](O)[C@](C)(O)[C@H]1CC[C@@]2(O)C3=CC(=O)[C@H]4C[C@@H](O)[C@@H](O)C[C@]4(C)[C@H]3CC[C@]12C)C(C)(C)O. The van der Waals surface area contributed by atoms with E-state index >= 15 is 0 Å². The minimum absolute atomic E-state index is 0.0892. The van der Waals surface area contributed by atoms with Crippen LogP contribution in [0.3, 0.4) is 0 Å². The van der Waals surface area contributed by atoms with Gasteiger partial charge in [0.1, 0.15) is 0 Å². The molecule has 7 nitrogen and oxygen atoms in total. The molecule has 0 aromatic rings. The van der Waals surface area contributed by atoms with Crippen molar-refractivity contribution in [3.05, 3.63) is 11.6 Å². The smallest absolute Gasteiger partial charge is 0.159 e. The number of fused-ring (bicyclic) bond motifs is 5. The van der Waals surface area contributed by atoms with Crippen LogP contribution in [-0.4, -0.2) is 71.5 Å². The van der Waals surface area contributed by atoms with Crippen molar-refractivity contribution in [3.8, 4) is 0 Å². The Kier molecular flexibility index (Phi) is 6.93. The zero-order valence-corrected chi connectivity index (χ0v) is 22.9. The van der Waals surface area contributed by atoms with Crippen LogP contribution in [0.1, 0.15) is 92.9 Å². The predicted octanol–water partition coefficient (Wildman–Crippen LogP) is 2.49. The van der Waals surface area contributed by atoms with Crippen molar-refractivity contribution < 1.29 is 35.4 Å². The number of allylic oxidation sites excluding steroid dienone is 1. The van der Waals surface area contributed by atoms with Gasteiger partial charge >= 0.3 is 0 Å². The van der Waals surface area contributed by atoms with Crippen LogP contribution >= 0.6 is 0 Å². The Bertz CT molecular complexity index is 906. The molecule has 206 valence electrons. The van der Waals surface area contributed by atoms with Gasteiger partial charge in [-0.25, -0.2) is 0 Å². The molecular formula is C29H48O7. The topological polar surface area (TPSA) is 138 Å². The first-order valence-electron chi connectivity index (χ1n) is 13.9. The summed E-state index contributed by atoms with van der Waals surface area (Å²) in [6.45, 7) is 11.1. The average molecular weight is 509 g/mol. The first-order chi connectivity index (χ1) is 16.4. The maximum atomic E-state index is 13.3. The Balaban J connectivity index is 1.66. The maximum absolute atomic E-state index is 13.3. The molecule has 6 N–H and O–H groups in total. The maximum Gasteiger partial charge on any atom is 0.159 e.